The van der Waals surface area contributed by atoms with Crippen LogP contribution in [0.2, 0.25) is 0 Å². The lowest BCUT2D eigenvalue weighted by atomic mass is 9.84. The fraction of sp³-hybridized carbons (Fsp3) is 0.625. The quantitative estimate of drug-likeness (QED) is 0.889. The highest BCUT2D eigenvalue weighted by Gasteiger charge is 2.35. The third-order valence-corrected chi connectivity index (χ3v) is 5.00. The second-order valence-corrected chi connectivity index (χ2v) is 6.35. The molecule has 3 saturated heterocycles. The molecule has 5 nitrogen and oxygen atoms in total. The zero-order valence-corrected chi connectivity index (χ0v) is 12.2. The standard InChI is InChI=1S/C16H21N3O2/c20-16(18-14-10-19-5-3-11(14)4-6-19)13-8-12-2-1-7-21-15(12)9-17-13/h8-9,11,14H,1-7,10H2,(H,18,20)/t14-/m0/s1. The third-order valence-electron chi connectivity index (χ3n) is 5.00. The minimum absolute atomic E-state index is 0.0397. The molecule has 0 saturated carbocycles. The molecule has 0 aliphatic carbocycles. The molecule has 2 bridgehead atoms. The lowest BCUT2D eigenvalue weighted by molar-refractivity contribution is 0.0617. The number of piperidine rings is 3. The zero-order valence-electron chi connectivity index (χ0n) is 12.2. The van der Waals surface area contributed by atoms with Gasteiger partial charge >= 0.3 is 0 Å². The number of ether oxygens (including phenoxy) is 1. The van der Waals surface area contributed by atoms with Gasteiger partial charge in [0, 0.05) is 12.6 Å². The predicted molar refractivity (Wildman–Crippen MR) is 78.5 cm³/mol. The van der Waals surface area contributed by atoms with E-state index < -0.39 is 0 Å². The van der Waals surface area contributed by atoms with Crippen LogP contribution in [0.4, 0.5) is 0 Å². The Kier molecular flexibility index (Phi) is 3.30. The average molecular weight is 287 g/mol. The molecule has 0 spiro atoms. The van der Waals surface area contributed by atoms with Gasteiger partial charge in [-0.15, -0.1) is 0 Å². The van der Waals surface area contributed by atoms with Crippen LogP contribution in [0.1, 0.15) is 35.3 Å². The van der Waals surface area contributed by atoms with E-state index in [2.05, 4.69) is 15.2 Å². The molecule has 1 atom stereocenters. The fourth-order valence-electron chi connectivity index (χ4n) is 3.75. The summed E-state index contributed by atoms with van der Waals surface area (Å²) in [4.78, 5) is 19.2. The van der Waals surface area contributed by atoms with Gasteiger partial charge in [0.2, 0.25) is 0 Å². The number of hydrogen-bond donors (Lipinski definition) is 1. The van der Waals surface area contributed by atoms with Crippen molar-refractivity contribution < 1.29 is 9.53 Å². The number of carbonyl (C=O) groups excluding carboxylic acids is 1. The molecule has 3 fully saturated rings. The average Bonchev–Trinajstić information content (AvgIpc) is 2.55. The maximum atomic E-state index is 12.4. The van der Waals surface area contributed by atoms with E-state index in [1.165, 1.54) is 25.9 Å². The van der Waals surface area contributed by atoms with Crippen molar-refractivity contribution in [3.63, 3.8) is 0 Å². The van der Waals surface area contributed by atoms with Crippen LogP contribution in [0.25, 0.3) is 0 Å². The molecule has 1 aromatic heterocycles. The van der Waals surface area contributed by atoms with Crippen molar-refractivity contribution in [1.82, 2.24) is 15.2 Å². The van der Waals surface area contributed by atoms with Crippen LogP contribution in [0.5, 0.6) is 5.75 Å². The summed E-state index contributed by atoms with van der Waals surface area (Å²) in [6, 6.07) is 2.18. The van der Waals surface area contributed by atoms with E-state index in [0.717, 1.165) is 37.3 Å². The van der Waals surface area contributed by atoms with E-state index in [0.29, 0.717) is 11.6 Å². The Hall–Kier alpha value is -1.62. The summed E-state index contributed by atoms with van der Waals surface area (Å²) in [6.45, 7) is 4.11. The molecule has 1 amide bonds. The minimum Gasteiger partial charge on any atom is -0.492 e. The maximum Gasteiger partial charge on any atom is 0.270 e. The molecule has 21 heavy (non-hydrogen) atoms. The van der Waals surface area contributed by atoms with Gasteiger partial charge in [-0.3, -0.25) is 4.79 Å². The van der Waals surface area contributed by atoms with Gasteiger partial charge in [0.15, 0.2) is 0 Å². The number of carbonyl (C=O) groups is 1. The number of rotatable bonds is 2. The Morgan fingerprint density at radius 2 is 2.24 bits per heavy atom. The number of aromatic nitrogens is 1. The van der Waals surface area contributed by atoms with Crippen LogP contribution >= 0.6 is 0 Å². The summed E-state index contributed by atoms with van der Waals surface area (Å²) in [5.41, 5.74) is 1.63. The van der Waals surface area contributed by atoms with Crippen molar-refractivity contribution in [2.75, 3.05) is 26.2 Å². The largest absolute Gasteiger partial charge is 0.492 e. The molecular formula is C16H21N3O2. The highest BCUT2D eigenvalue weighted by molar-refractivity contribution is 5.92. The Morgan fingerprint density at radius 1 is 1.38 bits per heavy atom. The summed E-state index contributed by atoms with van der Waals surface area (Å²) >= 11 is 0. The summed E-state index contributed by atoms with van der Waals surface area (Å²) < 4.78 is 5.55. The van der Waals surface area contributed by atoms with E-state index >= 15 is 0 Å². The van der Waals surface area contributed by atoms with Gasteiger partial charge in [-0.2, -0.15) is 0 Å². The highest BCUT2D eigenvalue weighted by atomic mass is 16.5. The molecule has 0 radical (unpaired) electrons. The molecule has 5 heterocycles. The molecule has 1 N–H and O–H groups in total. The first-order valence-electron chi connectivity index (χ1n) is 7.94. The smallest absolute Gasteiger partial charge is 0.270 e. The molecule has 4 aliphatic rings. The number of nitrogens with one attached hydrogen (secondary N) is 1. The summed E-state index contributed by atoms with van der Waals surface area (Å²) in [5.74, 6) is 1.43. The Balaban J connectivity index is 1.47. The van der Waals surface area contributed by atoms with Crippen molar-refractivity contribution >= 4 is 5.91 Å². The summed E-state index contributed by atoms with van der Waals surface area (Å²) in [6.07, 6.45) is 6.09. The lowest BCUT2D eigenvalue weighted by Crippen LogP contribution is -2.57. The van der Waals surface area contributed by atoms with Crippen LogP contribution in [0.3, 0.4) is 0 Å². The molecule has 0 aromatic carbocycles. The first-order valence-corrected chi connectivity index (χ1v) is 7.94. The van der Waals surface area contributed by atoms with Gasteiger partial charge in [-0.1, -0.05) is 0 Å². The van der Waals surface area contributed by atoms with Crippen molar-refractivity contribution in [2.24, 2.45) is 5.92 Å². The van der Waals surface area contributed by atoms with Gasteiger partial charge in [-0.25, -0.2) is 4.98 Å². The molecule has 5 rings (SSSR count). The fourth-order valence-corrected chi connectivity index (χ4v) is 3.75. The van der Waals surface area contributed by atoms with Crippen LogP contribution in [0, 0.1) is 5.92 Å². The molecule has 0 unspecified atom stereocenters. The number of fused-ring (bicyclic) bond motifs is 4. The van der Waals surface area contributed by atoms with E-state index in [-0.39, 0.29) is 11.9 Å². The van der Waals surface area contributed by atoms with Crippen LogP contribution in [-0.4, -0.2) is 48.1 Å². The summed E-state index contributed by atoms with van der Waals surface area (Å²) in [7, 11) is 0. The number of aryl methyl sites for hydroxylation is 1. The molecule has 5 heteroatoms. The Labute approximate surface area is 124 Å². The van der Waals surface area contributed by atoms with E-state index in [1.807, 2.05) is 6.07 Å². The van der Waals surface area contributed by atoms with E-state index in [4.69, 9.17) is 4.74 Å². The zero-order chi connectivity index (χ0) is 14.2. The Morgan fingerprint density at radius 3 is 3.00 bits per heavy atom. The summed E-state index contributed by atoms with van der Waals surface area (Å²) in [5, 5.41) is 3.19. The topological polar surface area (TPSA) is 54.5 Å². The Bertz CT molecular complexity index is 552. The number of hydrogen-bond acceptors (Lipinski definition) is 4. The minimum atomic E-state index is -0.0397. The number of amides is 1. The van der Waals surface area contributed by atoms with Gasteiger partial charge in [0.05, 0.1) is 12.8 Å². The van der Waals surface area contributed by atoms with Crippen LogP contribution < -0.4 is 10.1 Å². The first-order chi connectivity index (χ1) is 10.3. The number of nitrogens with zero attached hydrogens (tertiary/aromatic N) is 2. The second kappa shape index (κ2) is 5.30. The van der Waals surface area contributed by atoms with Crippen molar-refractivity contribution in [3.8, 4) is 5.75 Å². The van der Waals surface area contributed by atoms with Crippen LogP contribution in [-0.2, 0) is 6.42 Å². The third kappa shape index (κ3) is 2.50. The molecule has 4 aliphatic heterocycles. The second-order valence-electron chi connectivity index (χ2n) is 6.35. The maximum absolute atomic E-state index is 12.4. The van der Waals surface area contributed by atoms with E-state index in [9.17, 15) is 4.79 Å². The van der Waals surface area contributed by atoms with Crippen molar-refractivity contribution in [2.45, 2.75) is 31.7 Å². The molecule has 112 valence electrons. The SMILES string of the molecule is O=C(N[C@H]1CN2CCC1CC2)c1cc2c(cn1)OCCC2. The molecular weight excluding hydrogens is 266 g/mol. The van der Waals surface area contributed by atoms with Gasteiger partial charge < -0.3 is 15.0 Å². The molecule has 1 aromatic rings. The van der Waals surface area contributed by atoms with Crippen molar-refractivity contribution in [3.05, 3.63) is 23.5 Å². The highest BCUT2D eigenvalue weighted by Crippen LogP contribution is 2.28. The lowest BCUT2D eigenvalue weighted by Gasteiger charge is -2.44. The van der Waals surface area contributed by atoms with Gasteiger partial charge in [0.1, 0.15) is 11.4 Å². The van der Waals surface area contributed by atoms with Gasteiger partial charge in [-0.05, 0) is 56.3 Å². The predicted octanol–water partition coefficient (Wildman–Crippen LogP) is 1.23. The normalized spacial score (nSPS) is 30.4. The van der Waals surface area contributed by atoms with Crippen molar-refractivity contribution in [1.29, 1.82) is 0 Å². The number of pyridine rings is 1. The van der Waals surface area contributed by atoms with Gasteiger partial charge in [0.25, 0.3) is 5.91 Å². The van der Waals surface area contributed by atoms with E-state index in [1.54, 1.807) is 6.20 Å². The first kappa shape index (κ1) is 13.1. The van der Waals surface area contributed by atoms with Crippen LogP contribution in [0.15, 0.2) is 12.3 Å². The monoisotopic (exact) mass is 287 g/mol.